The van der Waals surface area contributed by atoms with E-state index in [1.54, 1.807) is 0 Å². The van der Waals surface area contributed by atoms with E-state index in [1.165, 1.54) is 12.8 Å². The molecule has 1 aliphatic carbocycles. The molecule has 0 aromatic carbocycles. The predicted molar refractivity (Wildman–Crippen MR) is 63.6 cm³/mol. The Hall–Kier alpha value is -0.370. The Balaban J connectivity index is 2.62. The Labute approximate surface area is 93.6 Å². The highest BCUT2D eigenvalue weighted by atomic mass is 16.1. The Morgan fingerprint density at radius 2 is 1.87 bits per heavy atom. The summed E-state index contributed by atoms with van der Waals surface area (Å²) in [5, 5.41) is 0. The van der Waals surface area contributed by atoms with Crippen molar-refractivity contribution < 1.29 is 4.79 Å². The zero-order valence-electron chi connectivity index (χ0n) is 10.2. The molecule has 2 N–H and O–H groups in total. The van der Waals surface area contributed by atoms with E-state index in [4.69, 9.17) is 5.73 Å². The molecule has 0 bridgehead atoms. The second kappa shape index (κ2) is 6.26. The number of rotatable bonds is 5. The van der Waals surface area contributed by atoms with Crippen LogP contribution in [0.3, 0.4) is 0 Å². The van der Waals surface area contributed by atoms with Crippen LogP contribution in [0.1, 0.15) is 52.4 Å². The fraction of sp³-hybridized carbons (Fsp3) is 0.923. The Morgan fingerprint density at radius 1 is 1.27 bits per heavy atom. The molecule has 0 spiro atoms. The van der Waals surface area contributed by atoms with Gasteiger partial charge in [-0.15, -0.1) is 0 Å². The normalized spacial score (nSPS) is 26.9. The van der Waals surface area contributed by atoms with E-state index in [9.17, 15) is 4.79 Å². The third kappa shape index (κ3) is 3.04. The van der Waals surface area contributed by atoms with Crippen LogP contribution in [-0.4, -0.2) is 12.3 Å². The van der Waals surface area contributed by atoms with Crippen LogP contribution in [0.25, 0.3) is 0 Å². The van der Waals surface area contributed by atoms with Gasteiger partial charge in [0.2, 0.25) is 0 Å². The van der Waals surface area contributed by atoms with E-state index in [2.05, 4.69) is 13.8 Å². The van der Waals surface area contributed by atoms with E-state index < -0.39 is 0 Å². The van der Waals surface area contributed by atoms with Crippen LogP contribution in [-0.2, 0) is 4.79 Å². The van der Waals surface area contributed by atoms with Crippen LogP contribution in [0.2, 0.25) is 0 Å². The maximum atomic E-state index is 12.3. The molecule has 15 heavy (non-hydrogen) atoms. The molecule has 1 aliphatic rings. The van der Waals surface area contributed by atoms with Crippen molar-refractivity contribution in [1.82, 2.24) is 0 Å². The first-order valence-corrected chi connectivity index (χ1v) is 6.48. The van der Waals surface area contributed by atoms with E-state index >= 15 is 0 Å². The largest absolute Gasteiger partial charge is 0.330 e. The molecule has 2 nitrogen and oxygen atoms in total. The number of hydrogen-bond acceptors (Lipinski definition) is 2. The van der Waals surface area contributed by atoms with Crippen molar-refractivity contribution >= 4 is 5.78 Å². The number of hydrogen-bond donors (Lipinski definition) is 1. The number of nitrogens with two attached hydrogens (primary N) is 1. The SMILES string of the molecule is CCC(CC)C(=O)C1CCCCC1CN. The average Bonchev–Trinajstić information content (AvgIpc) is 2.30. The highest BCUT2D eigenvalue weighted by molar-refractivity contribution is 5.83. The summed E-state index contributed by atoms with van der Waals surface area (Å²) in [6, 6.07) is 0. The van der Waals surface area contributed by atoms with Crippen molar-refractivity contribution in [3.05, 3.63) is 0 Å². The van der Waals surface area contributed by atoms with Crippen molar-refractivity contribution in [3.8, 4) is 0 Å². The lowest BCUT2D eigenvalue weighted by Crippen LogP contribution is -2.35. The van der Waals surface area contributed by atoms with Crippen LogP contribution in [0, 0.1) is 17.8 Å². The van der Waals surface area contributed by atoms with Crippen LogP contribution in [0.5, 0.6) is 0 Å². The minimum Gasteiger partial charge on any atom is -0.330 e. The van der Waals surface area contributed by atoms with Gasteiger partial charge in [0.05, 0.1) is 0 Å². The topological polar surface area (TPSA) is 43.1 Å². The number of Topliss-reactive ketones (excluding diaryl/α,β-unsaturated/α-hetero) is 1. The molecule has 0 aromatic heterocycles. The molecule has 2 heteroatoms. The predicted octanol–water partition coefficient (Wildman–Crippen LogP) is 2.76. The van der Waals surface area contributed by atoms with Crippen LogP contribution in [0.4, 0.5) is 0 Å². The first-order chi connectivity index (χ1) is 7.24. The van der Waals surface area contributed by atoms with Gasteiger partial charge in [0, 0.05) is 11.8 Å². The zero-order chi connectivity index (χ0) is 11.3. The van der Waals surface area contributed by atoms with Gasteiger partial charge in [-0.05, 0) is 38.1 Å². The first kappa shape index (κ1) is 12.7. The smallest absolute Gasteiger partial charge is 0.139 e. The molecule has 0 saturated heterocycles. The minimum atomic E-state index is 0.272. The van der Waals surface area contributed by atoms with Crippen molar-refractivity contribution in [3.63, 3.8) is 0 Å². The second-order valence-corrected chi connectivity index (χ2v) is 4.80. The summed E-state index contributed by atoms with van der Waals surface area (Å²) in [6.07, 6.45) is 6.69. The Morgan fingerprint density at radius 3 is 2.40 bits per heavy atom. The molecule has 0 heterocycles. The highest BCUT2D eigenvalue weighted by Gasteiger charge is 2.32. The van der Waals surface area contributed by atoms with Gasteiger partial charge in [-0.2, -0.15) is 0 Å². The third-order valence-corrected chi connectivity index (χ3v) is 3.97. The van der Waals surface area contributed by atoms with Crippen molar-refractivity contribution in [1.29, 1.82) is 0 Å². The average molecular weight is 211 g/mol. The van der Waals surface area contributed by atoms with E-state index in [-0.39, 0.29) is 11.8 Å². The molecule has 0 aromatic rings. The fourth-order valence-corrected chi connectivity index (χ4v) is 2.86. The monoisotopic (exact) mass is 211 g/mol. The van der Waals surface area contributed by atoms with Crippen LogP contribution in [0.15, 0.2) is 0 Å². The summed E-state index contributed by atoms with van der Waals surface area (Å²) in [7, 11) is 0. The van der Waals surface area contributed by atoms with Gasteiger partial charge < -0.3 is 5.73 Å². The summed E-state index contributed by atoms with van der Waals surface area (Å²) in [6.45, 7) is 4.93. The van der Waals surface area contributed by atoms with Crippen molar-refractivity contribution in [2.24, 2.45) is 23.5 Å². The Kier molecular flexibility index (Phi) is 5.30. The lowest BCUT2D eigenvalue weighted by molar-refractivity contribution is -0.129. The summed E-state index contributed by atoms with van der Waals surface area (Å²) >= 11 is 0. The summed E-state index contributed by atoms with van der Waals surface area (Å²) < 4.78 is 0. The molecule has 0 amide bonds. The molecule has 0 aliphatic heterocycles. The summed E-state index contributed by atoms with van der Waals surface area (Å²) in [5.41, 5.74) is 5.76. The molecule has 1 rings (SSSR count). The number of ketones is 1. The quantitative estimate of drug-likeness (QED) is 0.760. The van der Waals surface area contributed by atoms with Gasteiger partial charge in [-0.3, -0.25) is 4.79 Å². The van der Waals surface area contributed by atoms with E-state index in [0.717, 1.165) is 25.7 Å². The molecule has 88 valence electrons. The Bertz CT molecular complexity index is 199. The number of carbonyl (C=O) groups is 1. The highest BCUT2D eigenvalue weighted by Crippen LogP contribution is 2.32. The summed E-state index contributed by atoms with van der Waals surface area (Å²) in [4.78, 5) is 12.3. The molecule has 1 fully saturated rings. The van der Waals surface area contributed by atoms with Gasteiger partial charge in [0.15, 0.2) is 0 Å². The minimum absolute atomic E-state index is 0.272. The second-order valence-electron chi connectivity index (χ2n) is 4.80. The van der Waals surface area contributed by atoms with Gasteiger partial charge in [0.25, 0.3) is 0 Å². The van der Waals surface area contributed by atoms with E-state index in [1.807, 2.05) is 0 Å². The van der Waals surface area contributed by atoms with Crippen LogP contribution < -0.4 is 5.73 Å². The standard InChI is InChI=1S/C13H25NO/c1-3-10(4-2)13(15)12-8-6-5-7-11(12)9-14/h10-12H,3-9,14H2,1-2H3. The molecule has 0 radical (unpaired) electrons. The lowest BCUT2D eigenvalue weighted by Gasteiger charge is -2.31. The molecular weight excluding hydrogens is 186 g/mol. The number of carbonyl (C=O) groups excluding carboxylic acids is 1. The molecule has 2 unspecified atom stereocenters. The molecular formula is C13H25NO. The molecule has 2 atom stereocenters. The van der Waals surface area contributed by atoms with Gasteiger partial charge in [-0.25, -0.2) is 0 Å². The van der Waals surface area contributed by atoms with Crippen molar-refractivity contribution in [2.75, 3.05) is 6.54 Å². The maximum absolute atomic E-state index is 12.3. The first-order valence-electron chi connectivity index (χ1n) is 6.48. The van der Waals surface area contributed by atoms with Gasteiger partial charge >= 0.3 is 0 Å². The summed E-state index contributed by atoms with van der Waals surface area (Å²) in [5.74, 6) is 1.51. The fourth-order valence-electron chi connectivity index (χ4n) is 2.86. The van der Waals surface area contributed by atoms with Crippen molar-refractivity contribution in [2.45, 2.75) is 52.4 Å². The van der Waals surface area contributed by atoms with Gasteiger partial charge in [0.1, 0.15) is 5.78 Å². The van der Waals surface area contributed by atoms with Gasteiger partial charge in [-0.1, -0.05) is 26.7 Å². The van der Waals surface area contributed by atoms with Crippen LogP contribution >= 0.6 is 0 Å². The zero-order valence-corrected chi connectivity index (χ0v) is 10.2. The maximum Gasteiger partial charge on any atom is 0.139 e. The third-order valence-electron chi connectivity index (χ3n) is 3.97. The molecule has 1 saturated carbocycles. The lowest BCUT2D eigenvalue weighted by atomic mass is 9.73. The van der Waals surface area contributed by atoms with E-state index in [0.29, 0.717) is 18.2 Å².